The molecule has 0 aromatic heterocycles. The number of carbonyl (C=O) groups excluding carboxylic acids is 2. The van der Waals surface area contributed by atoms with Gasteiger partial charge in [0.1, 0.15) is 12.6 Å². The van der Waals surface area contributed by atoms with Crippen LogP contribution in [-0.4, -0.2) is 35.7 Å². The average Bonchev–Trinajstić information content (AvgIpc) is 3.14. The summed E-state index contributed by atoms with van der Waals surface area (Å²) in [7, 11) is 0. The molecule has 0 aliphatic carbocycles. The van der Waals surface area contributed by atoms with Crippen LogP contribution >= 0.6 is 11.6 Å². The molecule has 6 heteroatoms. The summed E-state index contributed by atoms with van der Waals surface area (Å²) < 4.78 is 11.2. The van der Waals surface area contributed by atoms with Crippen molar-refractivity contribution in [3.63, 3.8) is 0 Å². The number of hydrogen-bond acceptors (Lipinski definition) is 4. The van der Waals surface area contributed by atoms with Gasteiger partial charge in [-0.15, -0.1) is 0 Å². The third kappa shape index (κ3) is 4.94. The number of hydrogen-bond donors (Lipinski definition) is 0. The first kappa shape index (κ1) is 21.8. The zero-order valence-electron chi connectivity index (χ0n) is 17.9. The van der Waals surface area contributed by atoms with Crippen LogP contribution in [0.5, 0.6) is 0 Å². The van der Waals surface area contributed by atoms with Gasteiger partial charge >= 0.3 is 6.09 Å². The standard InChI is InChI=1S/C25H28ClNO4/c1-16-12-20(13-17(2)31-16)22(18-8-10-21(26)11-9-18)14-24(28)27-23(15-30-25(27)29)19-6-4-3-5-7-19/h3-11,16-17,20,22-23H,12-15H2,1-2H3/t16-,17+,20?,22-,23-/m0/s1. The molecule has 4 rings (SSSR count). The molecule has 2 heterocycles. The maximum atomic E-state index is 13.5. The van der Waals surface area contributed by atoms with Crippen LogP contribution in [0.2, 0.25) is 5.02 Å². The van der Waals surface area contributed by atoms with E-state index in [1.54, 1.807) is 0 Å². The van der Waals surface area contributed by atoms with Gasteiger partial charge in [0.05, 0.1) is 12.2 Å². The summed E-state index contributed by atoms with van der Waals surface area (Å²) >= 11 is 6.11. The summed E-state index contributed by atoms with van der Waals surface area (Å²) in [6.07, 6.45) is 1.68. The largest absolute Gasteiger partial charge is 0.446 e. The lowest BCUT2D eigenvalue weighted by Crippen LogP contribution is -2.38. The molecule has 0 radical (unpaired) electrons. The Morgan fingerprint density at radius 3 is 2.35 bits per heavy atom. The van der Waals surface area contributed by atoms with Crippen LogP contribution in [0.1, 0.15) is 56.2 Å². The van der Waals surface area contributed by atoms with Crippen molar-refractivity contribution in [1.29, 1.82) is 0 Å². The van der Waals surface area contributed by atoms with Gasteiger partial charge in [0, 0.05) is 11.4 Å². The molecule has 0 bridgehead atoms. The molecule has 164 valence electrons. The first-order valence-corrected chi connectivity index (χ1v) is 11.2. The lowest BCUT2D eigenvalue weighted by atomic mass is 9.76. The van der Waals surface area contributed by atoms with Crippen molar-refractivity contribution < 1.29 is 19.1 Å². The fourth-order valence-electron chi connectivity index (χ4n) is 4.96. The summed E-state index contributed by atoms with van der Waals surface area (Å²) in [5.74, 6) is 0.0455. The van der Waals surface area contributed by atoms with Crippen LogP contribution in [0.15, 0.2) is 54.6 Å². The molecular weight excluding hydrogens is 414 g/mol. The third-order valence-corrected chi connectivity index (χ3v) is 6.57. The molecule has 0 spiro atoms. The van der Waals surface area contributed by atoms with E-state index in [1.807, 2.05) is 54.6 Å². The fourth-order valence-corrected chi connectivity index (χ4v) is 5.08. The molecule has 1 unspecified atom stereocenters. The van der Waals surface area contributed by atoms with Gasteiger partial charge in [-0.3, -0.25) is 4.79 Å². The Morgan fingerprint density at radius 1 is 1.06 bits per heavy atom. The van der Waals surface area contributed by atoms with Gasteiger partial charge < -0.3 is 9.47 Å². The minimum absolute atomic E-state index is 0.0246. The number of cyclic esters (lactones) is 1. The van der Waals surface area contributed by atoms with Gasteiger partial charge in [-0.25, -0.2) is 9.69 Å². The topological polar surface area (TPSA) is 55.8 Å². The second kappa shape index (κ2) is 9.41. The lowest BCUT2D eigenvalue weighted by molar-refractivity contribution is -0.130. The fraction of sp³-hybridized carbons (Fsp3) is 0.440. The Kier molecular flexibility index (Phi) is 6.63. The predicted molar refractivity (Wildman–Crippen MR) is 119 cm³/mol. The van der Waals surface area contributed by atoms with Crippen LogP contribution in [0.25, 0.3) is 0 Å². The molecule has 2 aromatic carbocycles. The second-order valence-corrected chi connectivity index (χ2v) is 9.05. The van der Waals surface area contributed by atoms with Gasteiger partial charge in [0.15, 0.2) is 0 Å². The van der Waals surface area contributed by atoms with E-state index in [4.69, 9.17) is 21.1 Å². The Balaban J connectivity index is 1.60. The van der Waals surface area contributed by atoms with Gasteiger partial charge in [-0.05, 0) is 61.8 Å². The smallest absolute Gasteiger partial charge is 0.417 e. The highest BCUT2D eigenvalue weighted by Gasteiger charge is 2.41. The van der Waals surface area contributed by atoms with E-state index < -0.39 is 6.09 Å². The average molecular weight is 442 g/mol. The normalized spacial score (nSPS) is 27.1. The number of halogens is 1. The number of ether oxygens (including phenoxy) is 2. The van der Waals surface area contributed by atoms with E-state index in [0.717, 1.165) is 24.0 Å². The minimum atomic E-state index is -0.567. The first-order valence-electron chi connectivity index (χ1n) is 10.9. The Bertz CT molecular complexity index is 907. The Labute approximate surface area is 188 Å². The summed E-state index contributed by atoms with van der Waals surface area (Å²) in [6, 6.07) is 16.9. The molecule has 5 nitrogen and oxygen atoms in total. The molecule has 0 N–H and O–H groups in total. The van der Waals surface area contributed by atoms with Gasteiger partial charge in [-0.2, -0.15) is 0 Å². The number of carbonyl (C=O) groups is 2. The van der Waals surface area contributed by atoms with Crippen molar-refractivity contribution in [3.05, 3.63) is 70.7 Å². The van der Waals surface area contributed by atoms with Crippen LogP contribution in [0, 0.1) is 5.92 Å². The molecule has 2 aromatic rings. The first-order chi connectivity index (χ1) is 14.9. The highest BCUT2D eigenvalue weighted by atomic mass is 35.5. The SMILES string of the molecule is C[C@@H]1CC([C@@H](CC(=O)N2C(=O)OC[C@H]2c2ccccc2)c2ccc(Cl)cc2)C[C@H](C)O1. The quantitative estimate of drug-likeness (QED) is 0.593. The highest BCUT2D eigenvalue weighted by Crippen LogP contribution is 2.40. The van der Waals surface area contributed by atoms with Crippen molar-refractivity contribution in [2.45, 2.75) is 57.3 Å². The molecule has 2 aliphatic rings. The number of imide groups is 1. The van der Waals surface area contributed by atoms with Crippen molar-refractivity contribution in [2.75, 3.05) is 6.61 Å². The number of nitrogens with zero attached hydrogens (tertiary/aromatic N) is 1. The van der Waals surface area contributed by atoms with E-state index in [0.29, 0.717) is 5.02 Å². The van der Waals surface area contributed by atoms with Crippen molar-refractivity contribution >= 4 is 23.6 Å². The molecule has 2 saturated heterocycles. The number of amides is 2. The second-order valence-electron chi connectivity index (χ2n) is 8.62. The van der Waals surface area contributed by atoms with Crippen molar-refractivity contribution in [3.8, 4) is 0 Å². The van der Waals surface area contributed by atoms with Crippen LogP contribution < -0.4 is 0 Å². The third-order valence-electron chi connectivity index (χ3n) is 6.32. The molecule has 2 fully saturated rings. The van der Waals surface area contributed by atoms with Crippen LogP contribution in [0.3, 0.4) is 0 Å². The maximum absolute atomic E-state index is 13.5. The summed E-state index contributed by atoms with van der Waals surface area (Å²) in [5.41, 5.74) is 1.96. The van der Waals surface area contributed by atoms with E-state index in [1.165, 1.54) is 4.90 Å². The molecule has 2 aliphatic heterocycles. The zero-order valence-corrected chi connectivity index (χ0v) is 18.6. The lowest BCUT2D eigenvalue weighted by Gasteiger charge is -2.37. The van der Waals surface area contributed by atoms with E-state index in [-0.39, 0.29) is 49.0 Å². The van der Waals surface area contributed by atoms with Crippen LogP contribution in [-0.2, 0) is 14.3 Å². The molecule has 0 saturated carbocycles. The van der Waals surface area contributed by atoms with Crippen molar-refractivity contribution in [1.82, 2.24) is 4.90 Å². The molecular formula is C25H28ClNO4. The van der Waals surface area contributed by atoms with Gasteiger partial charge in [0.2, 0.25) is 5.91 Å². The van der Waals surface area contributed by atoms with Crippen molar-refractivity contribution in [2.24, 2.45) is 5.92 Å². The summed E-state index contributed by atoms with van der Waals surface area (Å²) in [6.45, 7) is 4.34. The Morgan fingerprint density at radius 2 is 1.71 bits per heavy atom. The summed E-state index contributed by atoms with van der Waals surface area (Å²) in [4.78, 5) is 27.2. The maximum Gasteiger partial charge on any atom is 0.417 e. The van der Waals surface area contributed by atoms with E-state index in [2.05, 4.69) is 13.8 Å². The predicted octanol–water partition coefficient (Wildman–Crippen LogP) is 5.74. The summed E-state index contributed by atoms with van der Waals surface area (Å²) in [5, 5.41) is 0.662. The molecule has 2 amide bonds. The van der Waals surface area contributed by atoms with Crippen LogP contribution in [0.4, 0.5) is 4.79 Å². The minimum Gasteiger partial charge on any atom is -0.446 e. The molecule has 31 heavy (non-hydrogen) atoms. The number of benzene rings is 2. The molecule has 5 atom stereocenters. The highest BCUT2D eigenvalue weighted by molar-refractivity contribution is 6.30. The monoisotopic (exact) mass is 441 g/mol. The number of rotatable bonds is 5. The van der Waals surface area contributed by atoms with Gasteiger partial charge in [0.25, 0.3) is 0 Å². The zero-order chi connectivity index (χ0) is 22.0. The van der Waals surface area contributed by atoms with Gasteiger partial charge in [-0.1, -0.05) is 54.1 Å². The Hall–Kier alpha value is -2.37. The van der Waals surface area contributed by atoms with E-state index in [9.17, 15) is 9.59 Å². The van der Waals surface area contributed by atoms with E-state index >= 15 is 0 Å².